The highest BCUT2D eigenvalue weighted by atomic mass is 16.7. The maximum atomic E-state index is 12.4. The Morgan fingerprint density at radius 1 is 1.30 bits per heavy atom. The third-order valence-corrected chi connectivity index (χ3v) is 3.92. The lowest BCUT2D eigenvalue weighted by atomic mass is 9.98. The molecule has 0 aliphatic carbocycles. The van der Waals surface area contributed by atoms with Gasteiger partial charge in [0.15, 0.2) is 6.61 Å². The molecule has 0 N–H and O–H groups in total. The highest BCUT2D eigenvalue weighted by Gasteiger charge is 2.48. The van der Waals surface area contributed by atoms with Crippen molar-refractivity contribution in [2.24, 2.45) is 10.9 Å². The predicted octanol–water partition coefficient (Wildman–Crippen LogP) is 0.901. The average molecular weight is 328 g/mol. The molecule has 1 fully saturated rings. The molecule has 0 bridgehead atoms. The zero-order valence-corrected chi connectivity index (χ0v) is 13.9. The number of esters is 2. The van der Waals surface area contributed by atoms with Gasteiger partial charge in [-0.1, -0.05) is 6.92 Å². The third-order valence-electron chi connectivity index (χ3n) is 3.92. The van der Waals surface area contributed by atoms with E-state index in [9.17, 15) is 9.59 Å². The standard InChI is InChI=1S/C15H24N2O6/c1-4-15(14(19)22-10-12(18)21-5-2)16-13(17(3)23-15)11-6-8-20-9-7-11/h11H,4-10H2,1-3H3. The molecule has 1 atom stereocenters. The average Bonchev–Trinajstić information content (AvgIpc) is 2.92. The second-order valence-corrected chi connectivity index (χ2v) is 5.46. The van der Waals surface area contributed by atoms with E-state index >= 15 is 0 Å². The van der Waals surface area contributed by atoms with Crippen LogP contribution in [0.2, 0.25) is 0 Å². The van der Waals surface area contributed by atoms with Crippen LogP contribution in [0.15, 0.2) is 4.99 Å². The Hall–Kier alpha value is -1.67. The van der Waals surface area contributed by atoms with Crippen LogP contribution in [0.5, 0.6) is 0 Å². The maximum Gasteiger partial charge on any atom is 0.364 e. The number of hydrogen-bond donors (Lipinski definition) is 0. The molecule has 2 aliphatic heterocycles. The van der Waals surface area contributed by atoms with Gasteiger partial charge in [0.1, 0.15) is 5.84 Å². The first-order valence-electron chi connectivity index (χ1n) is 7.95. The molecular weight excluding hydrogens is 304 g/mol. The van der Waals surface area contributed by atoms with Gasteiger partial charge in [-0.05, 0) is 19.8 Å². The molecular formula is C15H24N2O6. The number of amidine groups is 1. The number of rotatable bonds is 6. The minimum absolute atomic E-state index is 0.194. The van der Waals surface area contributed by atoms with Crippen molar-refractivity contribution in [2.45, 2.75) is 38.8 Å². The van der Waals surface area contributed by atoms with E-state index < -0.39 is 24.3 Å². The lowest BCUT2D eigenvalue weighted by Gasteiger charge is -2.25. The van der Waals surface area contributed by atoms with Gasteiger partial charge >= 0.3 is 11.9 Å². The number of hydrogen-bond acceptors (Lipinski definition) is 8. The minimum atomic E-state index is -1.42. The Morgan fingerprint density at radius 2 is 2.00 bits per heavy atom. The summed E-state index contributed by atoms with van der Waals surface area (Å²) in [5.41, 5.74) is -1.42. The van der Waals surface area contributed by atoms with Gasteiger partial charge in [0, 0.05) is 32.6 Å². The first kappa shape index (κ1) is 17.7. The molecule has 0 aromatic carbocycles. The van der Waals surface area contributed by atoms with E-state index in [1.165, 1.54) is 5.06 Å². The molecule has 0 spiro atoms. The lowest BCUT2D eigenvalue weighted by Crippen LogP contribution is -2.41. The Balaban J connectivity index is 2.05. The van der Waals surface area contributed by atoms with Crippen LogP contribution < -0.4 is 0 Å². The van der Waals surface area contributed by atoms with E-state index in [0.29, 0.717) is 19.6 Å². The Morgan fingerprint density at radius 3 is 2.61 bits per heavy atom. The van der Waals surface area contributed by atoms with E-state index in [1.54, 1.807) is 20.9 Å². The molecule has 1 unspecified atom stereocenters. The van der Waals surface area contributed by atoms with Crippen LogP contribution in [0.1, 0.15) is 33.1 Å². The van der Waals surface area contributed by atoms with Crippen LogP contribution in [-0.2, 0) is 28.6 Å². The lowest BCUT2D eigenvalue weighted by molar-refractivity contribution is -0.205. The largest absolute Gasteiger partial charge is 0.463 e. The van der Waals surface area contributed by atoms with Crippen LogP contribution in [0.25, 0.3) is 0 Å². The molecule has 2 rings (SSSR count). The van der Waals surface area contributed by atoms with Crippen LogP contribution >= 0.6 is 0 Å². The molecule has 23 heavy (non-hydrogen) atoms. The smallest absolute Gasteiger partial charge is 0.364 e. The van der Waals surface area contributed by atoms with Gasteiger partial charge in [0.25, 0.3) is 5.72 Å². The minimum Gasteiger partial charge on any atom is -0.463 e. The number of aliphatic imine (C=N–C) groups is 1. The predicted molar refractivity (Wildman–Crippen MR) is 80.4 cm³/mol. The van der Waals surface area contributed by atoms with Gasteiger partial charge in [-0.3, -0.25) is 0 Å². The van der Waals surface area contributed by atoms with Crippen molar-refractivity contribution >= 4 is 17.8 Å². The van der Waals surface area contributed by atoms with Crippen molar-refractivity contribution in [2.75, 3.05) is 33.5 Å². The van der Waals surface area contributed by atoms with Gasteiger partial charge in [0.05, 0.1) is 6.61 Å². The van der Waals surface area contributed by atoms with Crippen molar-refractivity contribution in [3.05, 3.63) is 0 Å². The fourth-order valence-electron chi connectivity index (χ4n) is 2.66. The van der Waals surface area contributed by atoms with E-state index in [0.717, 1.165) is 18.7 Å². The van der Waals surface area contributed by atoms with Crippen molar-refractivity contribution in [3.63, 3.8) is 0 Å². The monoisotopic (exact) mass is 328 g/mol. The van der Waals surface area contributed by atoms with Crippen molar-refractivity contribution in [1.82, 2.24) is 5.06 Å². The van der Waals surface area contributed by atoms with Crippen LogP contribution in [0, 0.1) is 5.92 Å². The molecule has 130 valence electrons. The van der Waals surface area contributed by atoms with Crippen molar-refractivity contribution in [3.8, 4) is 0 Å². The van der Waals surface area contributed by atoms with E-state index in [-0.39, 0.29) is 12.5 Å². The normalized spacial score (nSPS) is 25.2. The summed E-state index contributed by atoms with van der Waals surface area (Å²) in [7, 11) is 1.73. The van der Waals surface area contributed by atoms with Crippen LogP contribution in [0.3, 0.4) is 0 Å². The number of carbonyl (C=O) groups is 2. The number of ether oxygens (including phenoxy) is 3. The highest BCUT2D eigenvalue weighted by molar-refractivity contribution is 5.91. The summed E-state index contributed by atoms with van der Waals surface area (Å²) in [4.78, 5) is 33.9. The van der Waals surface area contributed by atoms with Gasteiger partial charge < -0.3 is 14.2 Å². The fraction of sp³-hybridized carbons (Fsp3) is 0.800. The SMILES string of the molecule is CCOC(=O)COC(=O)C1(CC)N=C(C2CCOCC2)N(C)O1. The summed E-state index contributed by atoms with van der Waals surface area (Å²) >= 11 is 0. The molecule has 0 amide bonds. The highest BCUT2D eigenvalue weighted by Crippen LogP contribution is 2.32. The first-order chi connectivity index (χ1) is 11.0. The van der Waals surface area contributed by atoms with Crippen molar-refractivity contribution in [1.29, 1.82) is 0 Å². The van der Waals surface area contributed by atoms with E-state index in [4.69, 9.17) is 19.0 Å². The van der Waals surface area contributed by atoms with Gasteiger partial charge in [-0.2, -0.15) is 0 Å². The zero-order valence-electron chi connectivity index (χ0n) is 13.9. The van der Waals surface area contributed by atoms with Gasteiger partial charge in [-0.15, -0.1) is 0 Å². The summed E-state index contributed by atoms with van der Waals surface area (Å²) in [6, 6.07) is 0. The van der Waals surface area contributed by atoms with E-state index in [1.807, 2.05) is 0 Å². The molecule has 8 heteroatoms. The molecule has 2 aliphatic rings. The Labute approximate surface area is 135 Å². The summed E-state index contributed by atoms with van der Waals surface area (Å²) in [5.74, 6) is -0.350. The second-order valence-electron chi connectivity index (χ2n) is 5.46. The molecule has 0 saturated carbocycles. The quantitative estimate of drug-likeness (QED) is 0.670. The summed E-state index contributed by atoms with van der Waals surface area (Å²) < 4.78 is 15.1. The fourth-order valence-corrected chi connectivity index (χ4v) is 2.66. The van der Waals surface area contributed by atoms with Crippen LogP contribution in [-0.4, -0.2) is 62.0 Å². The Kier molecular flexibility index (Phi) is 5.95. The third kappa shape index (κ3) is 4.00. The topological polar surface area (TPSA) is 86.7 Å². The first-order valence-corrected chi connectivity index (χ1v) is 7.95. The summed E-state index contributed by atoms with van der Waals surface area (Å²) in [6.45, 7) is 4.61. The Bertz CT molecular complexity index is 475. The second kappa shape index (κ2) is 7.74. The maximum absolute atomic E-state index is 12.4. The van der Waals surface area contributed by atoms with Crippen molar-refractivity contribution < 1.29 is 28.6 Å². The molecule has 8 nitrogen and oxygen atoms in total. The van der Waals surface area contributed by atoms with Gasteiger partial charge in [-0.25, -0.2) is 24.5 Å². The molecule has 2 heterocycles. The zero-order chi connectivity index (χ0) is 16.9. The molecule has 0 radical (unpaired) electrons. The van der Waals surface area contributed by atoms with E-state index in [2.05, 4.69) is 4.99 Å². The summed E-state index contributed by atoms with van der Waals surface area (Å²) in [5, 5.41) is 1.53. The number of carbonyl (C=O) groups excluding carboxylic acids is 2. The molecule has 0 aromatic rings. The van der Waals surface area contributed by atoms with Gasteiger partial charge in [0.2, 0.25) is 0 Å². The molecule has 0 aromatic heterocycles. The number of hydroxylamine groups is 2. The molecule has 1 saturated heterocycles. The summed E-state index contributed by atoms with van der Waals surface area (Å²) in [6.07, 6.45) is 1.99. The number of nitrogens with zero attached hydrogens (tertiary/aromatic N) is 2. The van der Waals surface area contributed by atoms with Crippen LogP contribution in [0.4, 0.5) is 0 Å².